The molecule has 0 bridgehead atoms. The highest BCUT2D eigenvalue weighted by molar-refractivity contribution is 6.02. The molecular weight excluding hydrogens is 284 g/mol. The Morgan fingerprint density at radius 2 is 1.95 bits per heavy atom. The van der Waals surface area contributed by atoms with E-state index in [1.54, 1.807) is 13.8 Å². The lowest BCUT2D eigenvalue weighted by atomic mass is 10.1. The summed E-state index contributed by atoms with van der Waals surface area (Å²) in [4.78, 5) is 24.4. The van der Waals surface area contributed by atoms with Gasteiger partial charge in [0, 0.05) is 5.70 Å². The molecule has 22 heavy (non-hydrogen) atoms. The number of carbonyl (C=O) groups is 2. The van der Waals surface area contributed by atoms with Crippen LogP contribution in [0.25, 0.3) is 0 Å². The first kappa shape index (κ1) is 15.9. The predicted octanol–water partition coefficient (Wildman–Crippen LogP) is 2.21. The third kappa shape index (κ3) is 3.05. The fourth-order valence-corrected chi connectivity index (χ4v) is 2.38. The molecule has 0 saturated heterocycles. The summed E-state index contributed by atoms with van der Waals surface area (Å²) < 4.78 is 9.90. The standard InChI is InChI=1S/C16H20N2O4/c1-5-22-16(20)14-13(15(19)21-4)10(3)17-11-7-6-9(2)8-12(11)18-14/h6-8,14,17-18H,5H2,1-4H3. The summed E-state index contributed by atoms with van der Waals surface area (Å²) >= 11 is 0. The molecule has 0 aliphatic carbocycles. The van der Waals surface area contributed by atoms with E-state index in [9.17, 15) is 9.59 Å². The van der Waals surface area contributed by atoms with Crippen molar-refractivity contribution < 1.29 is 19.1 Å². The van der Waals surface area contributed by atoms with Gasteiger partial charge < -0.3 is 20.1 Å². The van der Waals surface area contributed by atoms with Crippen LogP contribution in [0.3, 0.4) is 0 Å². The SMILES string of the molecule is CCOC(=O)C1Nc2cc(C)ccc2NC(C)=C1C(=O)OC. The van der Waals surface area contributed by atoms with Crippen LogP contribution in [-0.2, 0) is 19.1 Å². The van der Waals surface area contributed by atoms with Crippen LogP contribution < -0.4 is 10.6 Å². The van der Waals surface area contributed by atoms with Crippen LogP contribution in [0.1, 0.15) is 19.4 Å². The molecule has 0 aromatic heterocycles. The fourth-order valence-electron chi connectivity index (χ4n) is 2.38. The summed E-state index contributed by atoms with van der Waals surface area (Å²) in [5, 5.41) is 6.24. The van der Waals surface area contributed by atoms with E-state index in [2.05, 4.69) is 10.6 Å². The maximum atomic E-state index is 12.3. The van der Waals surface area contributed by atoms with Crippen molar-refractivity contribution in [3.63, 3.8) is 0 Å². The van der Waals surface area contributed by atoms with E-state index in [1.165, 1.54) is 7.11 Å². The minimum Gasteiger partial charge on any atom is -0.466 e. The topological polar surface area (TPSA) is 76.7 Å². The third-order valence-corrected chi connectivity index (χ3v) is 3.42. The maximum absolute atomic E-state index is 12.3. The second kappa shape index (κ2) is 6.51. The Hall–Kier alpha value is -2.50. The van der Waals surface area contributed by atoms with Crippen molar-refractivity contribution in [1.29, 1.82) is 0 Å². The second-order valence-electron chi connectivity index (χ2n) is 5.03. The van der Waals surface area contributed by atoms with Gasteiger partial charge in [-0.3, -0.25) is 0 Å². The van der Waals surface area contributed by atoms with E-state index >= 15 is 0 Å². The summed E-state index contributed by atoms with van der Waals surface area (Å²) in [7, 11) is 1.28. The van der Waals surface area contributed by atoms with Crippen LogP contribution in [0.2, 0.25) is 0 Å². The van der Waals surface area contributed by atoms with Gasteiger partial charge in [0.05, 0.1) is 30.7 Å². The fraction of sp³-hybridized carbons (Fsp3) is 0.375. The number of nitrogens with one attached hydrogen (secondary N) is 2. The zero-order valence-electron chi connectivity index (χ0n) is 13.1. The van der Waals surface area contributed by atoms with E-state index < -0.39 is 18.0 Å². The van der Waals surface area contributed by atoms with E-state index in [1.807, 2.05) is 25.1 Å². The molecule has 2 N–H and O–H groups in total. The summed E-state index contributed by atoms with van der Waals surface area (Å²) in [5.74, 6) is -1.08. The number of hydrogen-bond acceptors (Lipinski definition) is 6. The molecule has 6 heteroatoms. The summed E-state index contributed by atoms with van der Waals surface area (Å²) in [6.45, 7) is 5.64. The van der Waals surface area contributed by atoms with Gasteiger partial charge in [0.25, 0.3) is 0 Å². The second-order valence-corrected chi connectivity index (χ2v) is 5.03. The van der Waals surface area contributed by atoms with Crippen molar-refractivity contribution in [1.82, 2.24) is 0 Å². The Bertz CT molecular complexity index is 637. The molecule has 6 nitrogen and oxygen atoms in total. The molecule has 0 radical (unpaired) electrons. The monoisotopic (exact) mass is 304 g/mol. The van der Waals surface area contributed by atoms with Gasteiger partial charge in [0.1, 0.15) is 0 Å². The largest absolute Gasteiger partial charge is 0.466 e. The molecule has 1 unspecified atom stereocenters. The molecule has 1 heterocycles. The van der Waals surface area contributed by atoms with Crippen LogP contribution in [0.15, 0.2) is 29.5 Å². The van der Waals surface area contributed by atoms with E-state index in [-0.39, 0.29) is 12.2 Å². The molecule has 0 amide bonds. The van der Waals surface area contributed by atoms with Crippen molar-refractivity contribution in [3.05, 3.63) is 35.0 Å². The van der Waals surface area contributed by atoms with Crippen molar-refractivity contribution >= 4 is 23.3 Å². The lowest BCUT2D eigenvalue weighted by Gasteiger charge is -2.19. The molecule has 1 atom stereocenters. The summed E-state index contributed by atoms with van der Waals surface area (Å²) in [6.07, 6.45) is 0. The highest BCUT2D eigenvalue weighted by atomic mass is 16.5. The zero-order chi connectivity index (χ0) is 16.3. The highest BCUT2D eigenvalue weighted by Gasteiger charge is 2.34. The first-order valence-electron chi connectivity index (χ1n) is 7.07. The lowest BCUT2D eigenvalue weighted by molar-refractivity contribution is -0.145. The number of esters is 2. The first-order chi connectivity index (χ1) is 10.5. The van der Waals surface area contributed by atoms with Crippen molar-refractivity contribution in [2.24, 2.45) is 0 Å². The lowest BCUT2D eigenvalue weighted by Crippen LogP contribution is -2.37. The molecule has 0 spiro atoms. The van der Waals surface area contributed by atoms with Gasteiger partial charge in [0.2, 0.25) is 0 Å². The average molecular weight is 304 g/mol. The normalized spacial score (nSPS) is 16.8. The number of hydrogen-bond donors (Lipinski definition) is 2. The molecule has 1 aliphatic rings. The first-order valence-corrected chi connectivity index (χ1v) is 7.07. The number of ether oxygens (including phenoxy) is 2. The Morgan fingerprint density at radius 3 is 2.59 bits per heavy atom. The van der Waals surface area contributed by atoms with Gasteiger partial charge >= 0.3 is 11.9 Å². The molecule has 0 fully saturated rings. The van der Waals surface area contributed by atoms with Crippen molar-refractivity contribution in [2.75, 3.05) is 24.4 Å². The van der Waals surface area contributed by atoms with Crippen LogP contribution in [0.4, 0.5) is 11.4 Å². The molecule has 2 rings (SSSR count). The quantitative estimate of drug-likeness (QED) is 0.834. The number of rotatable bonds is 3. The van der Waals surface area contributed by atoms with E-state index in [4.69, 9.17) is 9.47 Å². The van der Waals surface area contributed by atoms with Gasteiger partial charge in [-0.05, 0) is 38.5 Å². The molecular formula is C16H20N2O4. The molecule has 1 aromatic carbocycles. The van der Waals surface area contributed by atoms with Gasteiger partial charge in [-0.1, -0.05) is 6.07 Å². The number of aryl methyl sites for hydroxylation is 1. The number of anilines is 2. The number of methoxy groups -OCH3 is 1. The van der Waals surface area contributed by atoms with Gasteiger partial charge in [-0.15, -0.1) is 0 Å². The molecule has 0 saturated carbocycles. The minimum atomic E-state index is -0.914. The summed E-state index contributed by atoms with van der Waals surface area (Å²) in [6, 6.07) is 4.83. The summed E-state index contributed by atoms with van der Waals surface area (Å²) in [5.41, 5.74) is 3.33. The molecule has 1 aromatic rings. The predicted molar refractivity (Wildman–Crippen MR) is 83.6 cm³/mol. The van der Waals surface area contributed by atoms with E-state index in [0.29, 0.717) is 5.70 Å². The third-order valence-electron chi connectivity index (χ3n) is 3.42. The smallest absolute Gasteiger partial charge is 0.338 e. The number of fused-ring (bicyclic) bond motifs is 1. The van der Waals surface area contributed by atoms with E-state index in [0.717, 1.165) is 16.9 Å². The minimum absolute atomic E-state index is 0.217. The van der Waals surface area contributed by atoms with Crippen LogP contribution >= 0.6 is 0 Å². The van der Waals surface area contributed by atoms with Gasteiger partial charge in [0.15, 0.2) is 6.04 Å². The van der Waals surface area contributed by atoms with Crippen molar-refractivity contribution in [2.45, 2.75) is 26.8 Å². The van der Waals surface area contributed by atoms with Crippen LogP contribution in [0.5, 0.6) is 0 Å². The Balaban J connectivity index is 2.51. The molecule has 118 valence electrons. The Kier molecular flexibility index (Phi) is 4.70. The number of benzene rings is 1. The maximum Gasteiger partial charge on any atom is 0.338 e. The Morgan fingerprint density at radius 1 is 1.23 bits per heavy atom. The highest BCUT2D eigenvalue weighted by Crippen LogP contribution is 2.31. The van der Waals surface area contributed by atoms with Crippen LogP contribution in [0, 0.1) is 6.92 Å². The average Bonchev–Trinajstić information content (AvgIpc) is 2.62. The number of carbonyl (C=O) groups excluding carboxylic acids is 2. The number of allylic oxidation sites excluding steroid dienone is 1. The Labute approximate surface area is 129 Å². The van der Waals surface area contributed by atoms with Gasteiger partial charge in [-0.25, -0.2) is 9.59 Å². The molecule has 1 aliphatic heterocycles. The van der Waals surface area contributed by atoms with Gasteiger partial charge in [-0.2, -0.15) is 0 Å². The van der Waals surface area contributed by atoms with Crippen LogP contribution in [-0.4, -0.2) is 31.7 Å². The zero-order valence-corrected chi connectivity index (χ0v) is 13.1. The van der Waals surface area contributed by atoms with Crippen molar-refractivity contribution in [3.8, 4) is 0 Å².